The third kappa shape index (κ3) is 4.82. The molecular weight excluding hydrogens is 242 g/mol. The van der Waals surface area contributed by atoms with Crippen molar-refractivity contribution in [3.05, 3.63) is 0 Å². The Bertz CT molecular complexity index is 310. The molecule has 0 aromatic carbocycles. The van der Waals surface area contributed by atoms with Crippen LogP contribution in [0.5, 0.6) is 0 Å². The van der Waals surface area contributed by atoms with Crippen LogP contribution in [0.4, 0.5) is 0 Å². The first-order chi connectivity index (χ1) is 8.95. The van der Waals surface area contributed by atoms with Crippen molar-refractivity contribution in [2.45, 2.75) is 40.2 Å². The van der Waals surface area contributed by atoms with Gasteiger partial charge in [0, 0.05) is 52.1 Å². The van der Waals surface area contributed by atoms with E-state index in [0.717, 1.165) is 32.7 Å². The number of carbonyl (C=O) groups excluding carboxylic acids is 2. The SMILES string of the molecule is CCN1CCN(C(=O)CCN(C(C)=O)C(C)C)CC1. The molecule has 110 valence electrons. The number of carbonyl (C=O) groups is 2. The molecule has 5 nitrogen and oxygen atoms in total. The standard InChI is InChI=1S/C14H27N3O2/c1-5-15-8-10-16(11-9-15)14(19)6-7-17(12(2)3)13(4)18/h12H,5-11H2,1-4H3. The Kier molecular flexibility index (Phi) is 6.28. The van der Waals surface area contributed by atoms with Crippen molar-refractivity contribution in [3.8, 4) is 0 Å². The summed E-state index contributed by atoms with van der Waals surface area (Å²) in [4.78, 5) is 29.6. The summed E-state index contributed by atoms with van der Waals surface area (Å²) in [5.74, 6) is 0.209. The van der Waals surface area contributed by atoms with Crippen molar-refractivity contribution in [2.24, 2.45) is 0 Å². The normalized spacial score (nSPS) is 16.8. The summed E-state index contributed by atoms with van der Waals surface area (Å²) in [6.07, 6.45) is 0.434. The number of nitrogens with zero attached hydrogens (tertiary/aromatic N) is 3. The van der Waals surface area contributed by atoms with Gasteiger partial charge in [-0.1, -0.05) is 6.92 Å². The molecule has 0 aliphatic carbocycles. The van der Waals surface area contributed by atoms with Crippen molar-refractivity contribution in [1.82, 2.24) is 14.7 Å². The summed E-state index contributed by atoms with van der Waals surface area (Å²) < 4.78 is 0. The van der Waals surface area contributed by atoms with Gasteiger partial charge >= 0.3 is 0 Å². The fourth-order valence-electron chi connectivity index (χ4n) is 2.47. The zero-order valence-corrected chi connectivity index (χ0v) is 12.7. The van der Waals surface area contributed by atoms with Gasteiger partial charge in [0.25, 0.3) is 0 Å². The smallest absolute Gasteiger partial charge is 0.224 e. The average Bonchev–Trinajstić information content (AvgIpc) is 2.38. The van der Waals surface area contributed by atoms with Gasteiger partial charge in [-0.3, -0.25) is 9.59 Å². The second kappa shape index (κ2) is 7.48. The Labute approximate surface area is 116 Å². The summed E-state index contributed by atoms with van der Waals surface area (Å²) in [6, 6.07) is 0.155. The lowest BCUT2D eigenvalue weighted by molar-refractivity contribution is -0.135. The van der Waals surface area contributed by atoms with E-state index in [-0.39, 0.29) is 17.9 Å². The minimum absolute atomic E-state index is 0.0404. The number of hydrogen-bond donors (Lipinski definition) is 0. The third-order valence-corrected chi connectivity index (χ3v) is 3.77. The van der Waals surface area contributed by atoms with E-state index in [9.17, 15) is 9.59 Å². The van der Waals surface area contributed by atoms with E-state index >= 15 is 0 Å². The van der Waals surface area contributed by atoms with Gasteiger partial charge in [-0.15, -0.1) is 0 Å². The van der Waals surface area contributed by atoms with Crippen LogP contribution >= 0.6 is 0 Å². The van der Waals surface area contributed by atoms with E-state index in [0.29, 0.717) is 13.0 Å². The van der Waals surface area contributed by atoms with Gasteiger partial charge in [0.05, 0.1) is 0 Å². The van der Waals surface area contributed by atoms with Gasteiger partial charge in [0.15, 0.2) is 0 Å². The van der Waals surface area contributed by atoms with Crippen LogP contribution < -0.4 is 0 Å². The first kappa shape index (κ1) is 16.0. The minimum Gasteiger partial charge on any atom is -0.340 e. The Balaban J connectivity index is 2.37. The molecule has 0 saturated carbocycles. The maximum atomic E-state index is 12.1. The van der Waals surface area contributed by atoms with Crippen LogP contribution in [-0.2, 0) is 9.59 Å². The monoisotopic (exact) mass is 269 g/mol. The number of amides is 2. The van der Waals surface area contributed by atoms with E-state index in [1.807, 2.05) is 18.7 Å². The molecule has 2 amide bonds. The molecule has 0 unspecified atom stereocenters. The molecule has 0 aromatic rings. The van der Waals surface area contributed by atoms with Crippen molar-refractivity contribution in [3.63, 3.8) is 0 Å². The predicted octanol–water partition coefficient (Wildman–Crippen LogP) is 0.798. The molecule has 0 aromatic heterocycles. The maximum absolute atomic E-state index is 12.1. The lowest BCUT2D eigenvalue weighted by Gasteiger charge is -2.34. The van der Waals surface area contributed by atoms with Crippen molar-refractivity contribution < 1.29 is 9.59 Å². The van der Waals surface area contributed by atoms with E-state index in [2.05, 4.69) is 11.8 Å². The minimum atomic E-state index is 0.0404. The van der Waals surface area contributed by atoms with Crippen molar-refractivity contribution >= 4 is 11.8 Å². The number of likely N-dealkylation sites (N-methyl/N-ethyl adjacent to an activating group) is 1. The second-order valence-corrected chi connectivity index (χ2v) is 5.37. The highest BCUT2D eigenvalue weighted by Crippen LogP contribution is 2.06. The summed E-state index contributed by atoms with van der Waals surface area (Å²) >= 11 is 0. The van der Waals surface area contributed by atoms with Gasteiger partial charge < -0.3 is 14.7 Å². The zero-order valence-electron chi connectivity index (χ0n) is 12.7. The highest BCUT2D eigenvalue weighted by molar-refractivity contribution is 5.78. The van der Waals surface area contributed by atoms with Crippen LogP contribution in [0.2, 0.25) is 0 Å². The van der Waals surface area contributed by atoms with Crippen LogP contribution in [0.25, 0.3) is 0 Å². The Hall–Kier alpha value is -1.10. The van der Waals surface area contributed by atoms with Crippen LogP contribution in [0, 0.1) is 0 Å². The van der Waals surface area contributed by atoms with E-state index in [1.54, 1.807) is 11.8 Å². The second-order valence-electron chi connectivity index (χ2n) is 5.37. The van der Waals surface area contributed by atoms with Gasteiger partial charge in [0.1, 0.15) is 0 Å². The molecule has 1 saturated heterocycles. The van der Waals surface area contributed by atoms with Crippen LogP contribution in [0.1, 0.15) is 34.1 Å². The Morgan fingerprint density at radius 2 is 1.74 bits per heavy atom. The average molecular weight is 269 g/mol. The molecule has 0 N–H and O–H groups in total. The molecule has 5 heteroatoms. The Morgan fingerprint density at radius 3 is 2.16 bits per heavy atom. The molecule has 1 heterocycles. The van der Waals surface area contributed by atoms with E-state index in [4.69, 9.17) is 0 Å². The maximum Gasteiger partial charge on any atom is 0.224 e. The van der Waals surface area contributed by atoms with Crippen molar-refractivity contribution in [2.75, 3.05) is 39.3 Å². The predicted molar refractivity (Wildman–Crippen MR) is 75.8 cm³/mol. The highest BCUT2D eigenvalue weighted by atomic mass is 16.2. The first-order valence-corrected chi connectivity index (χ1v) is 7.23. The zero-order chi connectivity index (χ0) is 14.4. The fourth-order valence-corrected chi connectivity index (χ4v) is 2.47. The summed E-state index contributed by atoms with van der Waals surface area (Å²) in [6.45, 7) is 12.8. The van der Waals surface area contributed by atoms with Gasteiger partial charge in [-0.2, -0.15) is 0 Å². The van der Waals surface area contributed by atoms with Crippen LogP contribution in [0.15, 0.2) is 0 Å². The topological polar surface area (TPSA) is 43.9 Å². The quantitative estimate of drug-likeness (QED) is 0.741. The lowest BCUT2D eigenvalue weighted by Crippen LogP contribution is -2.49. The molecule has 0 radical (unpaired) electrons. The molecular formula is C14H27N3O2. The molecule has 1 fully saturated rings. The van der Waals surface area contributed by atoms with Crippen molar-refractivity contribution in [1.29, 1.82) is 0 Å². The van der Waals surface area contributed by atoms with E-state index < -0.39 is 0 Å². The summed E-state index contributed by atoms with van der Waals surface area (Å²) in [5.41, 5.74) is 0. The molecule has 1 aliphatic rings. The van der Waals surface area contributed by atoms with Crippen LogP contribution in [0.3, 0.4) is 0 Å². The van der Waals surface area contributed by atoms with Gasteiger partial charge in [-0.25, -0.2) is 0 Å². The first-order valence-electron chi connectivity index (χ1n) is 7.23. The third-order valence-electron chi connectivity index (χ3n) is 3.77. The number of piperazine rings is 1. The number of hydrogen-bond acceptors (Lipinski definition) is 3. The lowest BCUT2D eigenvalue weighted by atomic mass is 10.2. The van der Waals surface area contributed by atoms with Crippen LogP contribution in [-0.4, -0.2) is 71.8 Å². The Morgan fingerprint density at radius 1 is 1.16 bits per heavy atom. The van der Waals surface area contributed by atoms with Gasteiger partial charge in [-0.05, 0) is 20.4 Å². The van der Waals surface area contributed by atoms with Gasteiger partial charge in [0.2, 0.25) is 11.8 Å². The molecule has 0 spiro atoms. The molecule has 19 heavy (non-hydrogen) atoms. The summed E-state index contributed by atoms with van der Waals surface area (Å²) in [5, 5.41) is 0. The molecule has 1 rings (SSSR count). The van der Waals surface area contributed by atoms with E-state index in [1.165, 1.54) is 0 Å². The molecule has 0 atom stereocenters. The molecule has 0 bridgehead atoms. The summed E-state index contributed by atoms with van der Waals surface area (Å²) in [7, 11) is 0. The largest absolute Gasteiger partial charge is 0.340 e. The number of rotatable bonds is 5. The molecule has 1 aliphatic heterocycles. The fraction of sp³-hybridized carbons (Fsp3) is 0.857. The highest BCUT2D eigenvalue weighted by Gasteiger charge is 2.21.